The molecule has 0 saturated carbocycles. The van der Waals surface area contributed by atoms with Crippen molar-refractivity contribution >= 4 is 23.4 Å². The van der Waals surface area contributed by atoms with Crippen LogP contribution in [0.1, 0.15) is 34.6 Å². The van der Waals surface area contributed by atoms with Crippen LogP contribution >= 0.6 is 0 Å². The molecule has 2 N–H and O–H groups in total. The van der Waals surface area contributed by atoms with Gasteiger partial charge in [0.1, 0.15) is 0 Å². The number of methoxy groups -OCH3 is 1. The molecule has 3 amide bonds. The van der Waals surface area contributed by atoms with Crippen molar-refractivity contribution in [2.24, 2.45) is 0 Å². The Morgan fingerprint density at radius 3 is 2.37 bits per heavy atom. The summed E-state index contributed by atoms with van der Waals surface area (Å²) in [7, 11) is 4.78. The maximum absolute atomic E-state index is 12.6. The number of benzene rings is 2. The summed E-state index contributed by atoms with van der Waals surface area (Å²) in [6.07, 6.45) is 0. The van der Waals surface area contributed by atoms with E-state index in [1.807, 2.05) is 13.8 Å². The van der Waals surface area contributed by atoms with E-state index in [1.165, 1.54) is 18.1 Å². The second-order valence-corrected chi connectivity index (χ2v) is 7.11. The monoisotopic (exact) mass is 413 g/mol. The number of nitrogens with one attached hydrogen (secondary N) is 2. The third-order valence-corrected chi connectivity index (χ3v) is 4.01. The van der Waals surface area contributed by atoms with Crippen LogP contribution in [0.25, 0.3) is 0 Å². The van der Waals surface area contributed by atoms with Gasteiger partial charge in [-0.1, -0.05) is 6.07 Å². The van der Waals surface area contributed by atoms with E-state index in [2.05, 4.69) is 10.6 Å². The van der Waals surface area contributed by atoms with Gasteiger partial charge >= 0.3 is 0 Å². The predicted octanol–water partition coefficient (Wildman–Crippen LogP) is 2.55. The van der Waals surface area contributed by atoms with Crippen LogP contribution in [0.5, 0.6) is 11.5 Å². The minimum atomic E-state index is -0.369. The number of carbonyl (C=O) groups excluding carboxylic acids is 3. The first kappa shape index (κ1) is 22.7. The van der Waals surface area contributed by atoms with Gasteiger partial charge in [-0.3, -0.25) is 14.4 Å². The van der Waals surface area contributed by atoms with Gasteiger partial charge in [0.05, 0.1) is 7.11 Å². The Labute approximate surface area is 176 Å². The highest BCUT2D eigenvalue weighted by molar-refractivity contribution is 6.05. The molecule has 0 aliphatic rings. The normalized spacial score (nSPS) is 10.3. The third kappa shape index (κ3) is 6.23. The van der Waals surface area contributed by atoms with Gasteiger partial charge in [-0.05, 0) is 50.2 Å². The molecule has 0 heterocycles. The highest BCUT2D eigenvalue weighted by Crippen LogP contribution is 2.28. The largest absolute Gasteiger partial charge is 0.493 e. The molecule has 0 radical (unpaired) electrons. The van der Waals surface area contributed by atoms with E-state index in [0.29, 0.717) is 28.3 Å². The molecule has 0 aliphatic carbocycles. The lowest BCUT2D eigenvalue weighted by molar-refractivity contribution is -0.123. The van der Waals surface area contributed by atoms with Crippen LogP contribution in [0.2, 0.25) is 0 Å². The van der Waals surface area contributed by atoms with Gasteiger partial charge in [-0.25, -0.2) is 0 Å². The second kappa shape index (κ2) is 10.3. The van der Waals surface area contributed by atoms with Gasteiger partial charge in [0, 0.05) is 37.0 Å². The zero-order valence-electron chi connectivity index (χ0n) is 17.8. The molecule has 2 aromatic carbocycles. The Morgan fingerprint density at radius 1 is 1.00 bits per heavy atom. The van der Waals surface area contributed by atoms with E-state index in [9.17, 15) is 14.4 Å². The maximum atomic E-state index is 12.6. The molecular weight excluding hydrogens is 386 g/mol. The molecule has 0 unspecified atom stereocenters. The lowest BCUT2D eigenvalue weighted by Gasteiger charge is -2.14. The van der Waals surface area contributed by atoms with Gasteiger partial charge in [0.25, 0.3) is 17.7 Å². The Hall–Kier alpha value is -3.55. The van der Waals surface area contributed by atoms with Crippen molar-refractivity contribution in [3.05, 3.63) is 53.6 Å². The number of ether oxygens (including phenoxy) is 2. The number of nitrogens with zero attached hydrogens (tertiary/aromatic N) is 1. The summed E-state index contributed by atoms with van der Waals surface area (Å²) >= 11 is 0. The van der Waals surface area contributed by atoms with Crippen LogP contribution < -0.4 is 20.1 Å². The van der Waals surface area contributed by atoms with E-state index in [0.717, 1.165) is 0 Å². The SMILES string of the molecule is COc1cc(C(=O)Nc2cccc(C(=O)N(C)C)c2)ccc1OCC(=O)NC(C)C. The first-order valence-electron chi connectivity index (χ1n) is 9.44. The minimum Gasteiger partial charge on any atom is -0.493 e. The van der Waals surface area contributed by atoms with Crippen molar-refractivity contribution in [1.82, 2.24) is 10.2 Å². The highest BCUT2D eigenvalue weighted by Gasteiger charge is 2.14. The van der Waals surface area contributed by atoms with Crippen LogP contribution in [-0.4, -0.2) is 56.5 Å². The van der Waals surface area contributed by atoms with E-state index < -0.39 is 0 Å². The number of anilines is 1. The molecule has 2 rings (SSSR count). The van der Waals surface area contributed by atoms with Gasteiger partial charge < -0.3 is 25.0 Å². The van der Waals surface area contributed by atoms with E-state index in [1.54, 1.807) is 50.5 Å². The molecule has 8 nitrogen and oxygen atoms in total. The Kier molecular flexibility index (Phi) is 7.80. The van der Waals surface area contributed by atoms with Crippen molar-refractivity contribution in [2.45, 2.75) is 19.9 Å². The molecule has 0 aliphatic heterocycles. The molecule has 0 bridgehead atoms. The summed E-state index contributed by atoms with van der Waals surface area (Å²) in [5, 5.41) is 5.50. The zero-order valence-corrected chi connectivity index (χ0v) is 17.8. The van der Waals surface area contributed by atoms with Crippen LogP contribution in [-0.2, 0) is 4.79 Å². The molecule has 0 aromatic heterocycles. The molecule has 0 fully saturated rings. The fourth-order valence-electron chi connectivity index (χ4n) is 2.63. The molecule has 0 atom stereocenters. The Balaban J connectivity index is 2.10. The maximum Gasteiger partial charge on any atom is 0.258 e. The first-order chi connectivity index (χ1) is 14.2. The molecule has 0 spiro atoms. The van der Waals surface area contributed by atoms with E-state index in [-0.39, 0.29) is 30.4 Å². The number of hydrogen-bond acceptors (Lipinski definition) is 5. The fourth-order valence-corrected chi connectivity index (χ4v) is 2.63. The first-order valence-corrected chi connectivity index (χ1v) is 9.44. The van der Waals surface area contributed by atoms with Crippen LogP contribution in [0.15, 0.2) is 42.5 Å². The Bertz CT molecular complexity index is 925. The Morgan fingerprint density at radius 2 is 1.73 bits per heavy atom. The smallest absolute Gasteiger partial charge is 0.258 e. The molecular formula is C22H27N3O5. The lowest BCUT2D eigenvalue weighted by atomic mass is 10.1. The van der Waals surface area contributed by atoms with Crippen LogP contribution in [0.3, 0.4) is 0 Å². The second-order valence-electron chi connectivity index (χ2n) is 7.11. The van der Waals surface area contributed by atoms with Crippen LogP contribution in [0, 0.1) is 0 Å². The number of carbonyl (C=O) groups is 3. The quantitative estimate of drug-likeness (QED) is 0.693. The molecule has 0 saturated heterocycles. The van der Waals surface area contributed by atoms with E-state index >= 15 is 0 Å². The van der Waals surface area contributed by atoms with Gasteiger partial charge in [-0.15, -0.1) is 0 Å². The minimum absolute atomic E-state index is 0.0144. The summed E-state index contributed by atoms with van der Waals surface area (Å²) in [6.45, 7) is 3.56. The summed E-state index contributed by atoms with van der Waals surface area (Å²) in [5.41, 5.74) is 1.31. The summed E-state index contributed by atoms with van der Waals surface area (Å²) in [6, 6.07) is 11.4. The summed E-state index contributed by atoms with van der Waals surface area (Å²) < 4.78 is 10.8. The molecule has 8 heteroatoms. The zero-order chi connectivity index (χ0) is 22.3. The number of hydrogen-bond donors (Lipinski definition) is 2. The highest BCUT2D eigenvalue weighted by atomic mass is 16.5. The van der Waals surface area contributed by atoms with Crippen molar-refractivity contribution in [3.63, 3.8) is 0 Å². The van der Waals surface area contributed by atoms with Gasteiger partial charge in [0.15, 0.2) is 18.1 Å². The average molecular weight is 413 g/mol. The van der Waals surface area contributed by atoms with Crippen molar-refractivity contribution in [1.29, 1.82) is 0 Å². The van der Waals surface area contributed by atoms with Crippen LogP contribution in [0.4, 0.5) is 5.69 Å². The topological polar surface area (TPSA) is 97.0 Å². The number of rotatable bonds is 8. The summed E-state index contributed by atoms with van der Waals surface area (Å²) in [5.74, 6) is -0.0910. The average Bonchev–Trinajstić information content (AvgIpc) is 2.71. The van der Waals surface area contributed by atoms with E-state index in [4.69, 9.17) is 9.47 Å². The molecule has 30 heavy (non-hydrogen) atoms. The molecule has 160 valence electrons. The standard InChI is InChI=1S/C22H27N3O5/c1-14(2)23-20(26)13-30-18-10-9-15(12-19(18)29-5)21(27)24-17-8-6-7-16(11-17)22(28)25(3)4/h6-12,14H,13H2,1-5H3,(H,23,26)(H,24,27). The fraction of sp³-hybridized carbons (Fsp3) is 0.318. The summed E-state index contributed by atoms with van der Waals surface area (Å²) in [4.78, 5) is 37.9. The number of amides is 3. The third-order valence-electron chi connectivity index (χ3n) is 4.01. The van der Waals surface area contributed by atoms with Crippen molar-refractivity contribution in [3.8, 4) is 11.5 Å². The van der Waals surface area contributed by atoms with Crippen molar-refractivity contribution < 1.29 is 23.9 Å². The molecule has 2 aromatic rings. The van der Waals surface area contributed by atoms with Gasteiger partial charge in [-0.2, -0.15) is 0 Å². The van der Waals surface area contributed by atoms with Gasteiger partial charge in [0.2, 0.25) is 0 Å². The predicted molar refractivity (Wildman–Crippen MR) is 114 cm³/mol. The van der Waals surface area contributed by atoms with Crippen molar-refractivity contribution in [2.75, 3.05) is 33.1 Å². The lowest BCUT2D eigenvalue weighted by Crippen LogP contribution is -2.34.